The van der Waals surface area contributed by atoms with Gasteiger partial charge in [-0.1, -0.05) is 9.67 Å². The van der Waals surface area contributed by atoms with E-state index in [4.69, 9.17) is 9.47 Å². The number of nitrogens with zero attached hydrogens (tertiary/aromatic N) is 3. The van der Waals surface area contributed by atoms with Gasteiger partial charge in [0.25, 0.3) is 11.8 Å². The van der Waals surface area contributed by atoms with Gasteiger partial charge in [-0.3, -0.25) is 0 Å². The molecular formula is C11H15N4O2+. The van der Waals surface area contributed by atoms with Crippen molar-refractivity contribution in [2.45, 2.75) is 13.8 Å². The minimum atomic E-state index is 0.492. The fourth-order valence-electron chi connectivity index (χ4n) is 1.54. The maximum atomic E-state index is 5.24. The van der Waals surface area contributed by atoms with Crippen LogP contribution in [0.25, 0.3) is 5.95 Å². The van der Waals surface area contributed by atoms with Gasteiger partial charge in [0, 0.05) is 11.8 Å². The number of ether oxygens (including phenoxy) is 2. The van der Waals surface area contributed by atoms with Crippen molar-refractivity contribution in [3.8, 4) is 17.7 Å². The number of rotatable bonds is 3. The lowest BCUT2D eigenvalue weighted by atomic mass is 10.4. The zero-order valence-corrected chi connectivity index (χ0v) is 10.3. The van der Waals surface area contributed by atoms with Gasteiger partial charge in [0.2, 0.25) is 0 Å². The van der Waals surface area contributed by atoms with Gasteiger partial charge in [-0.05, 0) is 18.8 Å². The highest BCUT2D eigenvalue weighted by Crippen LogP contribution is 2.11. The molecule has 0 saturated carbocycles. The molecule has 1 N–H and O–H groups in total. The van der Waals surface area contributed by atoms with Crippen LogP contribution in [0, 0.1) is 13.8 Å². The van der Waals surface area contributed by atoms with Crippen LogP contribution >= 0.6 is 0 Å². The molecule has 0 unspecified atom stereocenters. The van der Waals surface area contributed by atoms with Gasteiger partial charge in [0.15, 0.2) is 0 Å². The first kappa shape index (κ1) is 11.4. The van der Waals surface area contributed by atoms with Gasteiger partial charge in [-0.2, -0.15) is 0 Å². The van der Waals surface area contributed by atoms with Crippen molar-refractivity contribution >= 4 is 0 Å². The van der Waals surface area contributed by atoms with E-state index in [-0.39, 0.29) is 0 Å². The van der Waals surface area contributed by atoms with E-state index >= 15 is 0 Å². The lowest BCUT2D eigenvalue weighted by Crippen LogP contribution is -2.36. The highest BCUT2D eigenvalue weighted by atomic mass is 16.5. The molecule has 6 heteroatoms. The van der Waals surface area contributed by atoms with Crippen molar-refractivity contribution in [2.24, 2.45) is 0 Å². The third kappa shape index (κ3) is 2.20. The molecule has 2 rings (SSSR count). The van der Waals surface area contributed by atoms with E-state index in [2.05, 4.69) is 15.1 Å². The van der Waals surface area contributed by atoms with Crippen LogP contribution in [0.5, 0.6) is 11.8 Å². The molecular weight excluding hydrogens is 220 g/mol. The molecule has 0 spiro atoms. The molecule has 0 atom stereocenters. The first-order chi connectivity index (χ1) is 8.13. The highest BCUT2D eigenvalue weighted by molar-refractivity contribution is 5.18. The Labute approximate surface area is 99.2 Å². The number of aromatic amines is 1. The molecule has 0 radical (unpaired) electrons. The largest absolute Gasteiger partial charge is 0.470 e. The van der Waals surface area contributed by atoms with E-state index in [1.807, 2.05) is 19.9 Å². The summed E-state index contributed by atoms with van der Waals surface area (Å²) >= 11 is 0. The average molecular weight is 235 g/mol. The van der Waals surface area contributed by atoms with Crippen molar-refractivity contribution in [1.82, 2.24) is 15.1 Å². The third-order valence-electron chi connectivity index (χ3n) is 2.29. The Kier molecular flexibility index (Phi) is 2.95. The maximum absolute atomic E-state index is 5.24. The van der Waals surface area contributed by atoms with Crippen molar-refractivity contribution < 1.29 is 14.2 Å². The van der Waals surface area contributed by atoms with Crippen LogP contribution in [-0.2, 0) is 0 Å². The molecule has 0 amide bonds. The molecule has 0 aromatic carbocycles. The minimum Gasteiger partial charge on any atom is -0.470 e. The Morgan fingerprint density at radius 2 is 1.88 bits per heavy atom. The number of nitrogens with one attached hydrogen (secondary N) is 1. The van der Waals surface area contributed by atoms with E-state index in [1.165, 1.54) is 0 Å². The van der Waals surface area contributed by atoms with Gasteiger partial charge >= 0.3 is 5.95 Å². The molecule has 2 aromatic rings. The van der Waals surface area contributed by atoms with E-state index in [9.17, 15) is 0 Å². The second-order valence-electron chi connectivity index (χ2n) is 3.67. The first-order valence-electron chi connectivity index (χ1n) is 5.19. The number of methoxy groups -OCH3 is 2. The quantitative estimate of drug-likeness (QED) is 0.796. The van der Waals surface area contributed by atoms with Crippen molar-refractivity contribution in [3.63, 3.8) is 0 Å². The fourth-order valence-corrected chi connectivity index (χ4v) is 1.54. The summed E-state index contributed by atoms with van der Waals surface area (Å²) in [4.78, 5) is 8.60. The highest BCUT2D eigenvalue weighted by Gasteiger charge is 2.20. The van der Waals surface area contributed by atoms with Gasteiger partial charge in [0.05, 0.1) is 20.3 Å². The summed E-state index contributed by atoms with van der Waals surface area (Å²) in [5, 5.41) is 3.10. The number of hydrogen-bond donors (Lipinski definition) is 1. The van der Waals surface area contributed by atoms with E-state index < -0.39 is 0 Å². The van der Waals surface area contributed by atoms with Gasteiger partial charge in [-0.25, -0.2) is 5.10 Å². The summed E-state index contributed by atoms with van der Waals surface area (Å²) in [6.07, 6.45) is 0. The number of hydrogen-bond acceptors (Lipinski definition) is 4. The Morgan fingerprint density at radius 1 is 1.12 bits per heavy atom. The molecule has 0 saturated heterocycles. The second kappa shape index (κ2) is 4.40. The molecule has 0 bridgehead atoms. The number of H-pyrrole nitrogens is 1. The monoisotopic (exact) mass is 235 g/mol. The van der Waals surface area contributed by atoms with Crippen LogP contribution < -0.4 is 14.2 Å². The van der Waals surface area contributed by atoms with Crippen LogP contribution in [0.1, 0.15) is 11.4 Å². The smallest absolute Gasteiger partial charge is 0.462 e. The Bertz CT molecular complexity index is 536. The molecule has 0 aliphatic rings. The van der Waals surface area contributed by atoms with E-state index in [0.29, 0.717) is 17.7 Å². The van der Waals surface area contributed by atoms with Crippen molar-refractivity contribution in [2.75, 3.05) is 14.2 Å². The summed E-state index contributed by atoms with van der Waals surface area (Å²) in [6.45, 7) is 3.82. The fraction of sp³-hybridized carbons (Fsp3) is 0.364. The molecule has 2 aromatic heterocycles. The second-order valence-corrected chi connectivity index (χ2v) is 3.67. The molecule has 6 nitrogen and oxygen atoms in total. The average Bonchev–Trinajstić information content (AvgIpc) is 2.69. The van der Waals surface area contributed by atoms with E-state index in [0.717, 1.165) is 11.4 Å². The predicted molar refractivity (Wildman–Crippen MR) is 60.5 cm³/mol. The normalized spacial score (nSPS) is 10.4. The maximum Gasteiger partial charge on any atom is 0.462 e. The lowest BCUT2D eigenvalue weighted by molar-refractivity contribution is -0.668. The summed E-state index contributed by atoms with van der Waals surface area (Å²) in [7, 11) is 3.18. The van der Waals surface area contributed by atoms with Gasteiger partial charge < -0.3 is 9.47 Å². The number of aromatic nitrogens is 4. The summed E-state index contributed by atoms with van der Waals surface area (Å²) in [5.74, 6) is 1.66. The topological polar surface area (TPSA) is 63.9 Å². The van der Waals surface area contributed by atoms with E-state index in [1.54, 1.807) is 25.0 Å². The Hall–Kier alpha value is -2.11. The molecule has 2 heterocycles. The van der Waals surface area contributed by atoms with Gasteiger partial charge in [-0.15, -0.1) is 0 Å². The van der Waals surface area contributed by atoms with Crippen LogP contribution in [0.3, 0.4) is 0 Å². The first-order valence-corrected chi connectivity index (χ1v) is 5.19. The SMILES string of the molecule is COc1cc(C)nc(-[n+]2[nH]c(C)cc2OC)n1. The molecule has 0 aliphatic heterocycles. The molecule has 0 aliphatic carbocycles. The molecule has 17 heavy (non-hydrogen) atoms. The zero-order valence-electron chi connectivity index (χ0n) is 10.3. The standard InChI is InChI=1S/C11H14N4O2/c1-7-5-9(16-3)13-11(12-7)15-10(17-4)6-8(2)14-15/h5-6H,1-4H3/p+1. The summed E-state index contributed by atoms with van der Waals surface area (Å²) in [5.41, 5.74) is 1.79. The van der Waals surface area contributed by atoms with Crippen molar-refractivity contribution in [3.05, 3.63) is 23.5 Å². The predicted octanol–water partition coefficient (Wildman–Crippen LogP) is 0.715. The van der Waals surface area contributed by atoms with Crippen molar-refractivity contribution in [1.29, 1.82) is 0 Å². The number of aryl methyl sites for hydroxylation is 2. The third-order valence-corrected chi connectivity index (χ3v) is 2.29. The zero-order chi connectivity index (χ0) is 12.4. The minimum absolute atomic E-state index is 0.492. The van der Waals surface area contributed by atoms with Crippen LogP contribution in [0.4, 0.5) is 0 Å². The lowest BCUT2D eigenvalue weighted by Gasteiger charge is -1.99. The molecule has 0 fully saturated rings. The molecule has 90 valence electrons. The summed E-state index contributed by atoms with van der Waals surface area (Å²) in [6, 6.07) is 3.64. The Morgan fingerprint density at radius 3 is 2.53 bits per heavy atom. The van der Waals surface area contributed by atoms with Crippen LogP contribution in [0.2, 0.25) is 0 Å². The van der Waals surface area contributed by atoms with Crippen LogP contribution in [-0.4, -0.2) is 29.3 Å². The summed E-state index contributed by atoms with van der Waals surface area (Å²) < 4.78 is 12.0. The van der Waals surface area contributed by atoms with Gasteiger partial charge in [0.1, 0.15) is 5.69 Å². The Balaban J connectivity index is 2.55. The van der Waals surface area contributed by atoms with Crippen LogP contribution in [0.15, 0.2) is 12.1 Å².